The molecule has 0 spiro atoms. The number of ether oxygens (including phenoxy) is 1. The molecular weight excluding hydrogens is 413 g/mol. The average molecular weight is 434 g/mol. The van der Waals surface area contributed by atoms with Crippen molar-refractivity contribution in [1.82, 2.24) is 9.88 Å². The van der Waals surface area contributed by atoms with Crippen LogP contribution in [0, 0.1) is 0 Å². The highest BCUT2D eigenvalue weighted by atomic mass is 35.5. The van der Waals surface area contributed by atoms with Crippen molar-refractivity contribution in [3.63, 3.8) is 0 Å². The number of hydrogen-bond acceptors (Lipinski definition) is 4. The van der Waals surface area contributed by atoms with Gasteiger partial charge < -0.3 is 19.7 Å². The number of methoxy groups -OCH3 is 1. The summed E-state index contributed by atoms with van der Waals surface area (Å²) in [4.78, 5) is 19.6. The quantitative estimate of drug-likeness (QED) is 0.622. The summed E-state index contributed by atoms with van der Waals surface area (Å²) in [6.07, 6.45) is 1.78. The summed E-state index contributed by atoms with van der Waals surface area (Å²) in [6.45, 7) is 2.64. The normalized spacial score (nSPS) is 16.2. The van der Waals surface area contributed by atoms with E-state index in [1.807, 2.05) is 35.2 Å². The van der Waals surface area contributed by atoms with Crippen LogP contribution in [0.4, 0.5) is 5.69 Å². The number of aromatic nitrogens is 1. The molecule has 2 heterocycles. The van der Waals surface area contributed by atoms with Crippen LogP contribution in [0.1, 0.15) is 11.6 Å². The first kappa shape index (κ1) is 19.9. The monoisotopic (exact) mass is 433 g/mol. The fourth-order valence-electron chi connectivity index (χ4n) is 3.95. The molecule has 4 rings (SSSR count). The van der Waals surface area contributed by atoms with Gasteiger partial charge in [0.25, 0.3) is 0 Å². The molecule has 8 heteroatoms. The number of hydrogen-bond donors (Lipinski definition) is 2. The van der Waals surface area contributed by atoms with Crippen molar-refractivity contribution in [3.05, 3.63) is 58.2 Å². The SMILES string of the molecule is COc1cccc2c([C@H](C(=O)O)N3CCN(c4ccc(Cl)c(Cl)c4)CC3)c[nH]c12. The first-order chi connectivity index (χ1) is 14.0. The molecule has 152 valence electrons. The highest BCUT2D eigenvalue weighted by molar-refractivity contribution is 6.42. The van der Waals surface area contributed by atoms with E-state index in [1.165, 1.54) is 0 Å². The summed E-state index contributed by atoms with van der Waals surface area (Å²) in [5, 5.41) is 11.9. The average Bonchev–Trinajstić information content (AvgIpc) is 3.14. The van der Waals surface area contributed by atoms with Crippen LogP contribution in [0.5, 0.6) is 5.75 Å². The van der Waals surface area contributed by atoms with Gasteiger partial charge in [-0.2, -0.15) is 0 Å². The number of nitrogens with one attached hydrogen (secondary N) is 1. The van der Waals surface area contributed by atoms with Crippen LogP contribution in [0.15, 0.2) is 42.6 Å². The van der Waals surface area contributed by atoms with E-state index in [2.05, 4.69) is 9.88 Å². The Kier molecular flexibility index (Phi) is 5.58. The van der Waals surface area contributed by atoms with Crippen molar-refractivity contribution in [3.8, 4) is 5.75 Å². The van der Waals surface area contributed by atoms with Crippen LogP contribution in [0.2, 0.25) is 10.0 Å². The molecule has 2 N–H and O–H groups in total. The molecule has 2 aromatic carbocycles. The minimum absolute atomic E-state index is 0.516. The molecule has 1 aromatic heterocycles. The van der Waals surface area contributed by atoms with Crippen LogP contribution < -0.4 is 9.64 Å². The van der Waals surface area contributed by atoms with Gasteiger partial charge in [-0.15, -0.1) is 0 Å². The number of nitrogens with zero attached hydrogens (tertiary/aromatic N) is 2. The van der Waals surface area contributed by atoms with Gasteiger partial charge in [0.1, 0.15) is 11.8 Å². The molecule has 0 amide bonds. The van der Waals surface area contributed by atoms with Gasteiger partial charge in [-0.1, -0.05) is 35.3 Å². The van der Waals surface area contributed by atoms with E-state index in [-0.39, 0.29) is 0 Å². The van der Waals surface area contributed by atoms with Crippen LogP contribution >= 0.6 is 23.2 Å². The number of aromatic amines is 1. The van der Waals surface area contributed by atoms with Gasteiger partial charge in [-0.25, -0.2) is 0 Å². The molecule has 0 unspecified atom stereocenters. The predicted molar refractivity (Wildman–Crippen MR) is 115 cm³/mol. The highest BCUT2D eigenvalue weighted by Crippen LogP contribution is 2.34. The standard InChI is InChI=1S/C21H21Cl2N3O3/c1-29-18-4-2-3-14-15(12-24-19(14)18)20(21(27)28)26-9-7-25(8-10-26)13-5-6-16(22)17(23)11-13/h2-6,11-12,20,24H,7-10H2,1H3,(H,27,28)/t20-/m1/s1. The number of rotatable bonds is 5. The van der Waals surface area contributed by atoms with Gasteiger partial charge in [0.2, 0.25) is 0 Å². The highest BCUT2D eigenvalue weighted by Gasteiger charge is 2.32. The maximum atomic E-state index is 12.2. The molecule has 3 aromatic rings. The zero-order chi connectivity index (χ0) is 20.5. The zero-order valence-electron chi connectivity index (χ0n) is 15.9. The molecule has 1 fully saturated rings. The third-order valence-electron chi connectivity index (χ3n) is 5.41. The summed E-state index contributed by atoms with van der Waals surface area (Å²) in [7, 11) is 1.60. The van der Waals surface area contributed by atoms with E-state index >= 15 is 0 Å². The lowest BCUT2D eigenvalue weighted by Gasteiger charge is -2.38. The van der Waals surface area contributed by atoms with E-state index < -0.39 is 12.0 Å². The van der Waals surface area contributed by atoms with Crippen molar-refractivity contribution in [1.29, 1.82) is 0 Å². The lowest BCUT2D eigenvalue weighted by molar-refractivity contribution is -0.143. The van der Waals surface area contributed by atoms with Crippen LogP contribution in [0.25, 0.3) is 10.9 Å². The van der Waals surface area contributed by atoms with Gasteiger partial charge in [-0.05, 0) is 24.3 Å². The Morgan fingerprint density at radius 1 is 1.14 bits per heavy atom. The second-order valence-electron chi connectivity index (χ2n) is 6.99. The van der Waals surface area contributed by atoms with Crippen molar-refractivity contribution in [2.24, 2.45) is 0 Å². The molecule has 0 saturated carbocycles. The smallest absolute Gasteiger partial charge is 0.325 e. The Hall–Kier alpha value is -2.41. The Bertz CT molecular complexity index is 1040. The number of benzene rings is 2. The van der Waals surface area contributed by atoms with Crippen LogP contribution in [-0.2, 0) is 4.79 Å². The number of carboxylic acids is 1. The Morgan fingerprint density at radius 2 is 1.90 bits per heavy atom. The first-order valence-corrected chi connectivity index (χ1v) is 10.1. The van der Waals surface area contributed by atoms with Gasteiger partial charge in [0, 0.05) is 49.0 Å². The fraction of sp³-hybridized carbons (Fsp3) is 0.286. The number of piperazine rings is 1. The minimum Gasteiger partial charge on any atom is -0.495 e. The van der Waals surface area contributed by atoms with Crippen LogP contribution in [-0.4, -0.2) is 54.2 Å². The molecule has 0 radical (unpaired) electrons. The zero-order valence-corrected chi connectivity index (χ0v) is 17.4. The number of para-hydroxylation sites is 1. The van der Waals surface area contributed by atoms with Crippen molar-refractivity contribution >= 4 is 45.8 Å². The summed E-state index contributed by atoms with van der Waals surface area (Å²) >= 11 is 12.2. The van der Waals surface area contributed by atoms with E-state index in [9.17, 15) is 9.90 Å². The summed E-state index contributed by atoms with van der Waals surface area (Å²) < 4.78 is 5.39. The largest absolute Gasteiger partial charge is 0.495 e. The molecule has 29 heavy (non-hydrogen) atoms. The molecule has 0 aliphatic carbocycles. The summed E-state index contributed by atoms with van der Waals surface area (Å²) in [5.74, 6) is -0.168. The molecular formula is C21H21Cl2N3O3. The third kappa shape index (κ3) is 3.75. The summed E-state index contributed by atoms with van der Waals surface area (Å²) in [5.41, 5.74) is 2.54. The Balaban J connectivity index is 1.57. The lowest BCUT2D eigenvalue weighted by Crippen LogP contribution is -2.49. The lowest BCUT2D eigenvalue weighted by atomic mass is 10.0. The Labute approximate surface area is 178 Å². The van der Waals surface area contributed by atoms with Crippen molar-refractivity contribution in [2.75, 3.05) is 38.2 Å². The Morgan fingerprint density at radius 3 is 2.55 bits per heavy atom. The number of anilines is 1. The minimum atomic E-state index is -0.864. The van der Waals surface area contributed by atoms with E-state index in [4.69, 9.17) is 27.9 Å². The van der Waals surface area contributed by atoms with Gasteiger partial charge in [0.15, 0.2) is 0 Å². The number of fused-ring (bicyclic) bond motifs is 1. The first-order valence-electron chi connectivity index (χ1n) is 9.30. The summed E-state index contributed by atoms with van der Waals surface area (Å²) in [6, 6.07) is 10.5. The molecule has 1 aliphatic heterocycles. The fourth-order valence-corrected chi connectivity index (χ4v) is 4.24. The predicted octanol–water partition coefficient (Wildman–Crippen LogP) is 4.43. The second kappa shape index (κ2) is 8.14. The molecule has 1 saturated heterocycles. The van der Waals surface area contributed by atoms with Crippen molar-refractivity contribution in [2.45, 2.75) is 6.04 Å². The van der Waals surface area contributed by atoms with E-state index in [1.54, 1.807) is 19.4 Å². The third-order valence-corrected chi connectivity index (χ3v) is 6.14. The molecule has 6 nitrogen and oxygen atoms in total. The second-order valence-corrected chi connectivity index (χ2v) is 7.80. The number of aliphatic carboxylic acids is 1. The van der Waals surface area contributed by atoms with E-state index in [0.717, 1.165) is 22.2 Å². The number of H-pyrrole nitrogens is 1. The maximum absolute atomic E-state index is 12.2. The van der Waals surface area contributed by atoms with Crippen molar-refractivity contribution < 1.29 is 14.6 Å². The molecule has 0 bridgehead atoms. The van der Waals surface area contributed by atoms with Gasteiger partial charge in [-0.3, -0.25) is 9.69 Å². The number of carboxylic acid groups (broad SMARTS) is 1. The topological polar surface area (TPSA) is 68.8 Å². The van der Waals surface area contributed by atoms with Crippen LogP contribution in [0.3, 0.4) is 0 Å². The molecule has 1 aliphatic rings. The molecule has 1 atom stereocenters. The number of carbonyl (C=O) groups is 1. The van der Waals surface area contributed by atoms with Gasteiger partial charge in [0.05, 0.1) is 22.7 Å². The van der Waals surface area contributed by atoms with E-state index in [0.29, 0.717) is 42.0 Å². The maximum Gasteiger partial charge on any atom is 0.325 e. The van der Waals surface area contributed by atoms with Gasteiger partial charge >= 0.3 is 5.97 Å². The number of halogens is 2.